The monoisotopic (exact) mass is 666 g/mol. The normalized spacial score (nSPS) is 17.0. The lowest BCUT2D eigenvalue weighted by molar-refractivity contribution is -0.753. The molecule has 0 aliphatic carbocycles. The van der Waals surface area contributed by atoms with Crippen molar-refractivity contribution in [2.45, 2.75) is 38.1 Å². The number of aryl methyl sites for hydroxylation is 1. The standard InChI is InChI=1S/C25H30N8O10S2/c1-25(2)20(22(35)33(25)43-45(38,39)40)29-21(34)19(17-13-44-24(27)28-17)30-42-18(23(36)37)12-41-16-6-4-14(5-7-16)15-10-31(3)32(11-15)9-8-26/h4-7,10-11,13,18,20H,8-9,12,26H2,1-3H3,(H4-,27,28,29,34,36,37,38,39,40)/b30-19-/t18?,20-/m1/s1. The van der Waals surface area contributed by atoms with Crippen LogP contribution >= 0.6 is 11.3 Å². The van der Waals surface area contributed by atoms with Gasteiger partial charge < -0.3 is 36.0 Å². The number of oxime groups is 1. The molecule has 6 N–H and O–H groups in total. The van der Waals surface area contributed by atoms with E-state index in [-0.39, 0.29) is 10.8 Å². The van der Waals surface area contributed by atoms with E-state index in [1.54, 1.807) is 24.3 Å². The number of benzene rings is 1. The van der Waals surface area contributed by atoms with Gasteiger partial charge in [0.2, 0.25) is 16.6 Å². The number of carboxylic acid groups (broad SMARTS) is 1. The first-order chi connectivity index (χ1) is 21.1. The molecule has 1 fully saturated rings. The summed E-state index contributed by atoms with van der Waals surface area (Å²) in [7, 11) is -3.37. The van der Waals surface area contributed by atoms with Gasteiger partial charge in [0.15, 0.2) is 17.9 Å². The Morgan fingerprint density at radius 2 is 1.98 bits per heavy atom. The van der Waals surface area contributed by atoms with Gasteiger partial charge in [0.05, 0.1) is 23.8 Å². The van der Waals surface area contributed by atoms with Gasteiger partial charge in [-0.3, -0.25) is 9.59 Å². The first-order valence-electron chi connectivity index (χ1n) is 13.1. The van der Waals surface area contributed by atoms with Crippen molar-refractivity contribution in [2.75, 3.05) is 18.9 Å². The molecular formula is C25H30N8O10S2. The molecule has 1 aromatic carbocycles. The van der Waals surface area contributed by atoms with Crippen LogP contribution in [-0.2, 0) is 47.5 Å². The number of nitrogens with two attached hydrogens (primary N) is 2. The van der Waals surface area contributed by atoms with E-state index in [2.05, 4.69) is 19.7 Å². The molecule has 2 atom stereocenters. The fourth-order valence-electron chi connectivity index (χ4n) is 4.26. The molecule has 242 valence electrons. The van der Waals surface area contributed by atoms with Gasteiger partial charge in [-0.05, 0) is 31.5 Å². The summed E-state index contributed by atoms with van der Waals surface area (Å²) in [6, 6.07) is 5.54. The Morgan fingerprint density at radius 1 is 1.29 bits per heavy atom. The van der Waals surface area contributed by atoms with Crippen LogP contribution in [0.3, 0.4) is 0 Å². The van der Waals surface area contributed by atoms with E-state index in [1.807, 2.05) is 28.8 Å². The number of carboxylic acids is 1. The van der Waals surface area contributed by atoms with Crippen molar-refractivity contribution in [2.24, 2.45) is 17.9 Å². The number of nitrogens with zero attached hydrogens (tertiary/aromatic N) is 5. The third kappa shape index (κ3) is 7.72. The lowest BCUT2D eigenvalue weighted by Gasteiger charge is -2.51. The van der Waals surface area contributed by atoms with Gasteiger partial charge in [-0.2, -0.15) is 14.0 Å². The lowest BCUT2D eigenvalue weighted by Crippen LogP contribution is -2.76. The summed E-state index contributed by atoms with van der Waals surface area (Å²) in [5.74, 6) is -3.18. The van der Waals surface area contributed by atoms with Gasteiger partial charge in [-0.25, -0.2) is 18.2 Å². The Kier molecular flexibility index (Phi) is 9.73. The number of aliphatic carboxylic acids is 1. The molecule has 3 heterocycles. The van der Waals surface area contributed by atoms with Gasteiger partial charge in [0.1, 0.15) is 24.1 Å². The minimum absolute atomic E-state index is 0.0528. The number of amides is 2. The quantitative estimate of drug-likeness (QED) is 0.0391. The van der Waals surface area contributed by atoms with Crippen molar-refractivity contribution in [1.29, 1.82) is 0 Å². The second-order valence-electron chi connectivity index (χ2n) is 10.2. The van der Waals surface area contributed by atoms with E-state index in [9.17, 15) is 32.5 Å². The van der Waals surface area contributed by atoms with E-state index in [0.717, 1.165) is 22.5 Å². The third-order valence-corrected chi connectivity index (χ3v) is 7.62. The van der Waals surface area contributed by atoms with Crippen LogP contribution in [-0.4, -0.2) is 87.1 Å². The summed E-state index contributed by atoms with van der Waals surface area (Å²) in [4.78, 5) is 46.7. The molecule has 1 aliphatic heterocycles. The summed E-state index contributed by atoms with van der Waals surface area (Å²) in [6.07, 6.45) is 2.20. The summed E-state index contributed by atoms with van der Waals surface area (Å²) in [6.45, 7) is 3.30. The highest BCUT2D eigenvalue weighted by atomic mass is 32.3. The van der Waals surface area contributed by atoms with Gasteiger partial charge in [0, 0.05) is 11.9 Å². The number of ether oxygens (including phenoxy) is 1. The third-order valence-electron chi connectivity index (χ3n) is 6.61. The number of hydrogen-bond donors (Lipinski definition) is 4. The predicted octanol–water partition coefficient (Wildman–Crippen LogP) is -1.27. The topological polar surface area (TPSA) is 258 Å². The summed E-state index contributed by atoms with van der Waals surface area (Å²) < 4.78 is 46.5. The highest BCUT2D eigenvalue weighted by Crippen LogP contribution is 2.33. The fourth-order valence-corrected chi connectivity index (χ4v) is 5.26. The Bertz CT molecular complexity index is 1720. The van der Waals surface area contributed by atoms with Crippen LogP contribution in [0.4, 0.5) is 5.13 Å². The smallest absolute Gasteiger partial charge is 0.351 e. The molecular weight excluding hydrogens is 636 g/mol. The van der Waals surface area contributed by atoms with E-state index < -0.39 is 58.2 Å². The molecule has 4 rings (SSSR count). The van der Waals surface area contributed by atoms with Gasteiger partial charge in [0.25, 0.3) is 17.9 Å². The fraction of sp³-hybridized carbons (Fsp3) is 0.360. The van der Waals surface area contributed by atoms with Gasteiger partial charge >= 0.3 is 5.97 Å². The largest absolute Gasteiger partial charge is 0.724 e. The number of hydrogen-bond acceptors (Lipinski definition) is 14. The van der Waals surface area contributed by atoms with Crippen LogP contribution < -0.4 is 26.2 Å². The molecule has 20 heteroatoms. The average molecular weight is 667 g/mol. The molecule has 45 heavy (non-hydrogen) atoms. The molecule has 18 nitrogen and oxygen atoms in total. The molecule has 1 saturated heterocycles. The zero-order valence-corrected chi connectivity index (χ0v) is 25.8. The Hall–Kier alpha value is -4.63. The van der Waals surface area contributed by atoms with Crippen LogP contribution in [0.25, 0.3) is 11.1 Å². The minimum atomic E-state index is -5.26. The highest BCUT2D eigenvalue weighted by Gasteiger charge is 2.57. The summed E-state index contributed by atoms with van der Waals surface area (Å²) >= 11 is 0.952. The van der Waals surface area contributed by atoms with Gasteiger partial charge in [-0.1, -0.05) is 17.3 Å². The number of carbonyl (C=O) groups excluding carboxylic acids is 2. The number of β-lactam (4-membered cyclic amide) rings is 1. The number of thiazole rings is 1. The maximum Gasteiger partial charge on any atom is 0.351 e. The number of rotatable bonds is 14. The van der Waals surface area contributed by atoms with Crippen LogP contribution in [0, 0.1) is 0 Å². The zero-order valence-electron chi connectivity index (χ0n) is 24.1. The second kappa shape index (κ2) is 13.2. The predicted molar refractivity (Wildman–Crippen MR) is 155 cm³/mol. The Morgan fingerprint density at radius 3 is 2.53 bits per heavy atom. The molecule has 1 aliphatic rings. The SMILES string of the molecule is C[n+]1cc(-c2ccc(OCC(O/N=C(\C(=O)N[C@@H]3C(=O)N(OS(=O)(=O)[O-])C3(C)C)c3csc(N)n3)C(=O)O)cc2)cn1CCN. The molecule has 2 amide bonds. The Labute approximate surface area is 260 Å². The van der Waals surface area contributed by atoms with Crippen LogP contribution in [0.15, 0.2) is 47.2 Å². The maximum absolute atomic E-state index is 13.2. The molecule has 3 aromatic rings. The van der Waals surface area contributed by atoms with Crippen molar-refractivity contribution < 1.29 is 51.0 Å². The van der Waals surface area contributed by atoms with E-state index in [4.69, 9.17) is 21.0 Å². The van der Waals surface area contributed by atoms with Crippen molar-refractivity contribution in [3.63, 3.8) is 0 Å². The summed E-state index contributed by atoms with van der Waals surface area (Å²) in [5, 5.41) is 17.5. The number of carbonyl (C=O) groups is 3. The number of nitrogen functional groups attached to an aromatic ring is 1. The highest BCUT2D eigenvalue weighted by molar-refractivity contribution is 7.80. The zero-order chi connectivity index (χ0) is 33.1. The van der Waals surface area contributed by atoms with E-state index in [0.29, 0.717) is 23.9 Å². The minimum Gasteiger partial charge on any atom is -0.724 e. The van der Waals surface area contributed by atoms with Crippen molar-refractivity contribution in [1.82, 2.24) is 20.0 Å². The maximum atomic E-state index is 13.2. The molecule has 0 saturated carbocycles. The number of anilines is 1. The number of aromatic nitrogens is 3. The molecule has 1 unspecified atom stereocenters. The number of nitrogens with one attached hydrogen (secondary N) is 1. The van der Waals surface area contributed by atoms with Crippen LogP contribution in [0.2, 0.25) is 0 Å². The molecule has 0 bridgehead atoms. The molecule has 0 spiro atoms. The average Bonchev–Trinajstić information content (AvgIpc) is 3.56. The van der Waals surface area contributed by atoms with Crippen LogP contribution in [0.1, 0.15) is 19.5 Å². The second-order valence-corrected chi connectivity index (χ2v) is 12.0. The van der Waals surface area contributed by atoms with Crippen molar-refractivity contribution in [3.8, 4) is 16.9 Å². The van der Waals surface area contributed by atoms with E-state index >= 15 is 0 Å². The van der Waals surface area contributed by atoms with Crippen molar-refractivity contribution >= 4 is 50.4 Å². The van der Waals surface area contributed by atoms with Crippen molar-refractivity contribution in [3.05, 3.63) is 47.7 Å². The first kappa shape index (κ1) is 33.3. The van der Waals surface area contributed by atoms with Gasteiger partial charge in [-0.15, -0.1) is 16.0 Å². The Balaban J connectivity index is 1.45. The molecule has 2 aromatic heterocycles. The lowest BCUT2D eigenvalue weighted by atomic mass is 9.84. The summed E-state index contributed by atoms with van der Waals surface area (Å²) in [5.41, 5.74) is 11.1. The van der Waals surface area contributed by atoms with Crippen LogP contribution in [0.5, 0.6) is 5.75 Å². The van der Waals surface area contributed by atoms with E-state index in [1.165, 1.54) is 19.2 Å². The molecule has 0 radical (unpaired) electrons. The first-order valence-corrected chi connectivity index (χ1v) is 15.3. The number of hydroxylamine groups is 2.